The van der Waals surface area contributed by atoms with Crippen LogP contribution in [0.25, 0.3) is 66.1 Å². The van der Waals surface area contributed by atoms with Crippen LogP contribution in [0.1, 0.15) is 22.3 Å². The van der Waals surface area contributed by atoms with Crippen LogP contribution in [0.15, 0.2) is 205 Å². The predicted molar refractivity (Wildman–Crippen MR) is 228 cm³/mol. The van der Waals surface area contributed by atoms with Crippen molar-refractivity contribution in [2.24, 2.45) is 0 Å². The van der Waals surface area contributed by atoms with E-state index in [0.29, 0.717) is 0 Å². The lowest BCUT2D eigenvalue weighted by molar-refractivity contribution is 0.669. The molecule has 0 radical (unpaired) electrons. The molecule has 12 rings (SSSR count). The molecule has 2 heteroatoms. The van der Waals surface area contributed by atoms with E-state index < -0.39 is 5.41 Å². The minimum Gasteiger partial charge on any atom is -0.456 e. The number of furan rings is 1. The van der Waals surface area contributed by atoms with Gasteiger partial charge in [0.2, 0.25) is 0 Å². The van der Waals surface area contributed by atoms with Crippen molar-refractivity contribution in [3.63, 3.8) is 0 Å². The fraction of sp³-hybridized carbons (Fsp3) is 0.0189. The topological polar surface area (TPSA) is 16.4 Å². The van der Waals surface area contributed by atoms with Gasteiger partial charge < -0.3 is 9.32 Å². The third-order valence-corrected chi connectivity index (χ3v) is 12.1. The van der Waals surface area contributed by atoms with Gasteiger partial charge in [0, 0.05) is 33.6 Å². The molecule has 1 atom stereocenters. The van der Waals surface area contributed by atoms with E-state index in [1.165, 1.54) is 66.4 Å². The minimum atomic E-state index is -0.494. The summed E-state index contributed by atoms with van der Waals surface area (Å²) in [7, 11) is 0. The van der Waals surface area contributed by atoms with Crippen molar-refractivity contribution in [1.82, 2.24) is 0 Å². The van der Waals surface area contributed by atoms with Crippen molar-refractivity contribution in [2.45, 2.75) is 5.41 Å². The Kier molecular flexibility index (Phi) is 6.29. The van der Waals surface area contributed by atoms with Gasteiger partial charge >= 0.3 is 0 Å². The van der Waals surface area contributed by atoms with E-state index in [1.54, 1.807) is 0 Å². The predicted octanol–water partition coefficient (Wildman–Crippen LogP) is 14.2. The lowest BCUT2D eigenvalue weighted by Crippen LogP contribution is -2.26. The standard InChI is InChI=1S/C53H33NO/c1-2-13-34(14-3-1)36-25-28-42-40-18-6-9-21-46(40)53(48(42)31-36)47-22-10-7-19-41(47)43-29-26-37(32-49(43)53)54(50-23-12-16-35-15-4-5-17-39(35)50)38-27-30-45-44-20-8-11-24-51(44)55-52(45)33-38/h1-33H. The smallest absolute Gasteiger partial charge is 0.137 e. The Hall–Kier alpha value is -7.16. The molecule has 0 fully saturated rings. The van der Waals surface area contributed by atoms with Crippen LogP contribution in [0.3, 0.4) is 0 Å². The monoisotopic (exact) mass is 699 g/mol. The summed E-state index contributed by atoms with van der Waals surface area (Å²) < 4.78 is 6.49. The number of benzene rings is 9. The van der Waals surface area contributed by atoms with Crippen molar-refractivity contribution in [1.29, 1.82) is 0 Å². The minimum absolute atomic E-state index is 0.494. The van der Waals surface area contributed by atoms with Crippen LogP contribution in [0.4, 0.5) is 17.1 Å². The van der Waals surface area contributed by atoms with E-state index in [1.807, 2.05) is 6.07 Å². The Morgan fingerprint density at radius 3 is 1.75 bits per heavy atom. The van der Waals surface area contributed by atoms with E-state index in [9.17, 15) is 0 Å². The molecular formula is C53H33NO. The maximum atomic E-state index is 6.49. The van der Waals surface area contributed by atoms with Crippen molar-refractivity contribution in [2.75, 3.05) is 4.90 Å². The third-order valence-electron chi connectivity index (χ3n) is 12.1. The summed E-state index contributed by atoms with van der Waals surface area (Å²) >= 11 is 0. The van der Waals surface area contributed by atoms with Crippen molar-refractivity contribution < 1.29 is 4.42 Å². The fourth-order valence-electron chi connectivity index (χ4n) is 9.76. The van der Waals surface area contributed by atoms with Gasteiger partial charge in [0.15, 0.2) is 0 Å². The SMILES string of the molecule is c1ccc(-c2ccc3c(c2)C2(c4ccccc4-3)c3ccccc3-c3ccc(N(c4ccc5c(c4)oc4ccccc45)c4cccc5ccccc45)cc32)cc1. The highest BCUT2D eigenvalue weighted by Gasteiger charge is 2.52. The first-order chi connectivity index (χ1) is 27.3. The van der Waals surface area contributed by atoms with Gasteiger partial charge in [-0.05, 0) is 103 Å². The first kappa shape index (κ1) is 30.3. The number of rotatable bonds is 4. The van der Waals surface area contributed by atoms with Gasteiger partial charge in [-0.3, -0.25) is 0 Å². The zero-order valence-electron chi connectivity index (χ0n) is 29.9. The number of hydrogen-bond donors (Lipinski definition) is 0. The van der Waals surface area contributed by atoms with Crippen molar-refractivity contribution in [3.05, 3.63) is 222 Å². The van der Waals surface area contributed by atoms with Gasteiger partial charge in [0.25, 0.3) is 0 Å². The number of nitrogens with zero attached hydrogens (tertiary/aromatic N) is 1. The zero-order chi connectivity index (χ0) is 36.1. The molecule has 0 N–H and O–H groups in total. The second-order valence-corrected chi connectivity index (χ2v) is 14.8. The largest absolute Gasteiger partial charge is 0.456 e. The molecule has 1 aromatic heterocycles. The molecule has 0 bridgehead atoms. The third kappa shape index (κ3) is 4.19. The van der Waals surface area contributed by atoms with Crippen LogP contribution in [0.5, 0.6) is 0 Å². The van der Waals surface area contributed by atoms with Crippen LogP contribution in [-0.4, -0.2) is 0 Å². The second kappa shape index (κ2) is 11.4. The average Bonchev–Trinajstić information content (AvgIpc) is 3.87. The maximum Gasteiger partial charge on any atom is 0.137 e. The lowest BCUT2D eigenvalue weighted by Gasteiger charge is -2.32. The van der Waals surface area contributed by atoms with Gasteiger partial charge in [-0.25, -0.2) is 0 Å². The molecular weight excluding hydrogens is 667 g/mol. The molecule has 2 aliphatic rings. The molecule has 1 unspecified atom stereocenters. The normalized spacial score (nSPS) is 15.0. The number of anilines is 3. The Morgan fingerprint density at radius 2 is 0.927 bits per heavy atom. The zero-order valence-corrected chi connectivity index (χ0v) is 29.9. The Morgan fingerprint density at radius 1 is 0.345 bits per heavy atom. The summed E-state index contributed by atoms with van der Waals surface area (Å²) in [6.45, 7) is 0. The highest BCUT2D eigenvalue weighted by atomic mass is 16.3. The molecule has 10 aromatic rings. The number of hydrogen-bond acceptors (Lipinski definition) is 2. The second-order valence-electron chi connectivity index (χ2n) is 14.8. The number of para-hydroxylation sites is 1. The Bertz CT molecular complexity index is 3150. The summed E-state index contributed by atoms with van der Waals surface area (Å²) in [6.07, 6.45) is 0. The summed E-state index contributed by atoms with van der Waals surface area (Å²) in [5, 5.41) is 4.64. The molecule has 256 valence electrons. The summed E-state index contributed by atoms with van der Waals surface area (Å²) in [6, 6.07) is 73.4. The summed E-state index contributed by atoms with van der Waals surface area (Å²) in [5.74, 6) is 0. The Labute approximate surface area is 319 Å². The summed E-state index contributed by atoms with van der Waals surface area (Å²) in [5.41, 5.74) is 17.5. The molecule has 1 spiro atoms. The first-order valence-corrected chi connectivity index (χ1v) is 19.0. The molecule has 2 aliphatic carbocycles. The highest BCUT2D eigenvalue weighted by Crippen LogP contribution is 2.63. The fourth-order valence-corrected chi connectivity index (χ4v) is 9.76. The first-order valence-electron chi connectivity index (χ1n) is 19.0. The van der Waals surface area contributed by atoms with Gasteiger partial charge in [-0.15, -0.1) is 0 Å². The van der Waals surface area contributed by atoms with Gasteiger partial charge in [-0.1, -0.05) is 152 Å². The van der Waals surface area contributed by atoms with Crippen molar-refractivity contribution in [3.8, 4) is 33.4 Å². The molecule has 9 aromatic carbocycles. The quantitative estimate of drug-likeness (QED) is 0.182. The van der Waals surface area contributed by atoms with Crippen molar-refractivity contribution >= 4 is 49.8 Å². The molecule has 2 nitrogen and oxygen atoms in total. The van der Waals surface area contributed by atoms with Crippen LogP contribution in [-0.2, 0) is 5.41 Å². The molecule has 0 saturated heterocycles. The van der Waals surface area contributed by atoms with Gasteiger partial charge in [0.05, 0.1) is 11.1 Å². The van der Waals surface area contributed by atoms with E-state index in [2.05, 4.69) is 199 Å². The molecule has 55 heavy (non-hydrogen) atoms. The van der Waals surface area contributed by atoms with Crippen LogP contribution >= 0.6 is 0 Å². The average molecular weight is 700 g/mol. The number of fused-ring (bicyclic) bond motifs is 14. The van der Waals surface area contributed by atoms with E-state index in [4.69, 9.17) is 4.42 Å². The van der Waals surface area contributed by atoms with E-state index >= 15 is 0 Å². The van der Waals surface area contributed by atoms with E-state index in [0.717, 1.165) is 39.0 Å². The van der Waals surface area contributed by atoms with Crippen LogP contribution in [0, 0.1) is 0 Å². The van der Waals surface area contributed by atoms with Gasteiger partial charge in [0.1, 0.15) is 11.2 Å². The highest BCUT2D eigenvalue weighted by molar-refractivity contribution is 6.07. The van der Waals surface area contributed by atoms with Gasteiger partial charge in [-0.2, -0.15) is 0 Å². The van der Waals surface area contributed by atoms with Crippen LogP contribution < -0.4 is 4.90 Å². The molecule has 1 heterocycles. The molecule has 0 saturated carbocycles. The van der Waals surface area contributed by atoms with E-state index in [-0.39, 0.29) is 0 Å². The summed E-state index contributed by atoms with van der Waals surface area (Å²) in [4.78, 5) is 2.42. The maximum absolute atomic E-state index is 6.49. The van der Waals surface area contributed by atoms with Crippen LogP contribution in [0.2, 0.25) is 0 Å². The lowest BCUT2D eigenvalue weighted by atomic mass is 9.70. The molecule has 0 amide bonds. The Balaban J connectivity index is 1.15. The molecule has 0 aliphatic heterocycles.